The van der Waals surface area contributed by atoms with E-state index in [2.05, 4.69) is 76.5 Å². The number of furan rings is 2. The lowest BCUT2D eigenvalue weighted by molar-refractivity contribution is 0.668. The van der Waals surface area contributed by atoms with Gasteiger partial charge in [0.25, 0.3) is 0 Å². The van der Waals surface area contributed by atoms with Crippen LogP contribution in [0.3, 0.4) is 0 Å². The summed E-state index contributed by atoms with van der Waals surface area (Å²) in [4.78, 5) is 15.1. The predicted molar refractivity (Wildman–Crippen MR) is 214 cm³/mol. The van der Waals surface area contributed by atoms with E-state index in [-0.39, 0.29) is 0 Å². The fourth-order valence-electron chi connectivity index (χ4n) is 7.20. The highest BCUT2D eigenvalue weighted by molar-refractivity contribution is 7.25. The second-order valence-corrected chi connectivity index (χ2v) is 13.8. The second kappa shape index (κ2) is 11.7. The van der Waals surface area contributed by atoms with E-state index in [9.17, 15) is 0 Å². The molecule has 0 unspecified atom stereocenters. The number of benzene rings is 6. The van der Waals surface area contributed by atoms with E-state index in [4.69, 9.17) is 29.0 Å². The summed E-state index contributed by atoms with van der Waals surface area (Å²) in [5.41, 5.74) is 7.95. The van der Waals surface area contributed by atoms with Crippen molar-refractivity contribution >= 4 is 110 Å². The predicted octanol–water partition coefficient (Wildman–Crippen LogP) is 12.4. The average Bonchev–Trinajstić information content (AvgIpc) is 3.89. The minimum atomic E-state index is 0.558. The van der Waals surface area contributed by atoms with E-state index >= 15 is 0 Å². The van der Waals surface area contributed by atoms with Crippen molar-refractivity contribution in [2.45, 2.75) is 0 Å². The molecule has 0 saturated carbocycles. The van der Waals surface area contributed by atoms with Gasteiger partial charge in [-0.2, -0.15) is 0 Å². The Morgan fingerprint density at radius 1 is 0.453 bits per heavy atom. The summed E-state index contributed by atoms with van der Waals surface area (Å²) >= 11 is 1.58. The molecule has 0 N–H and O–H groups in total. The van der Waals surface area contributed by atoms with Crippen molar-refractivity contribution in [3.63, 3.8) is 0 Å². The number of aromatic nitrogens is 4. The molecular formula is C44H26N6O2S. The lowest BCUT2D eigenvalue weighted by atomic mass is 10.1. The first-order valence-electron chi connectivity index (χ1n) is 17.2. The molecule has 8 nitrogen and oxygen atoms in total. The van der Waals surface area contributed by atoms with Crippen molar-refractivity contribution in [1.29, 1.82) is 0 Å². The maximum Gasteiger partial charge on any atom is 0.235 e. The fourth-order valence-corrected chi connectivity index (χ4v) is 8.21. The molecule has 5 heterocycles. The molecule has 9 heteroatoms. The van der Waals surface area contributed by atoms with Crippen LogP contribution in [0.2, 0.25) is 0 Å². The van der Waals surface area contributed by atoms with Crippen LogP contribution in [0, 0.1) is 0 Å². The van der Waals surface area contributed by atoms with Gasteiger partial charge in [0.1, 0.15) is 32.7 Å². The van der Waals surface area contributed by atoms with Gasteiger partial charge in [-0.3, -0.25) is 9.80 Å². The summed E-state index contributed by atoms with van der Waals surface area (Å²) in [6.45, 7) is 0. The largest absolute Gasteiger partial charge is 0.456 e. The Morgan fingerprint density at radius 2 is 1.00 bits per heavy atom. The molecule has 11 rings (SSSR count). The summed E-state index contributed by atoms with van der Waals surface area (Å²) in [5.74, 6) is 1.25. The third-order valence-electron chi connectivity index (χ3n) is 9.64. The number of fused-ring (bicyclic) bond motifs is 9. The quantitative estimate of drug-likeness (QED) is 0.169. The normalized spacial score (nSPS) is 11.8. The zero-order valence-corrected chi connectivity index (χ0v) is 28.7. The summed E-state index contributed by atoms with van der Waals surface area (Å²) in [6.07, 6.45) is 1.86. The van der Waals surface area contributed by atoms with Crippen LogP contribution in [0.1, 0.15) is 0 Å². The highest BCUT2D eigenvalue weighted by Crippen LogP contribution is 2.42. The van der Waals surface area contributed by atoms with Gasteiger partial charge in [-0.05, 0) is 72.8 Å². The number of rotatable bonds is 6. The monoisotopic (exact) mass is 702 g/mol. The van der Waals surface area contributed by atoms with Gasteiger partial charge < -0.3 is 8.83 Å². The smallest absolute Gasteiger partial charge is 0.235 e. The minimum Gasteiger partial charge on any atom is -0.456 e. The molecule has 53 heavy (non-hydrogen) atoms. The Labute approximate surface area is 305 Å². The minimum absolute atomic E-state index is 0.558. The van der Waals surface area contributed by atoms with Crippen molar-refractivity contribution in [2.75, 3.05) is 9.80 Å². The van der Waals surface area contributed by atoms with Crippen molar-refractivity contribution in [3.05, 3.63) is 158 Å². The van der Waals surface area contributed by atoms with Crippen LogP contribution in [-0.4, -0.2) is 20.2 Å². The Kier molecular flexibility index (Phi) is 6.55. The standard InChI is InChI=1S/C44H26N6O2S/c1-3-11-27(12-4-1)49(29-19-21-38-33(23-29)31-15-7-9-17-36(31)51-38)41-25-40-42(48-47-41)35-26-45-44(46-43(35)53-40)50(28-13-5-2-6-14-28)30-20-22-39-34(24-30)32-16-8-10-18-37(32)52-39/h1-26H. The number of anilines is 6. The lowest BCUT2D eigenvalue weighted by Gasteiger charge is -2.23. The van der Waals surface area contributed by atoms with Crippen molar-refractivity contribution in [2.24, 2.45) is 0 Å². The summed E-state index contributed by atoms with van der Waals surface area (Å²) in [6, 6.07) is 51.2. The van der Waals surface area contributed by atoms with Gasteiger partial charge in [0.2, 0.25) is 5.95 Å². The van der Waals surface area contributed by atoms with Gasteiger partial charge in [0, 0.05) is 56.6 Å². The van der Waals surface area contributed by atoms with Gasteiger partial charge in [-0.1, -0.05) is 72.8 Å². The van der Waals surface area contributed by atoms with E-state index in [1.165, 1.54) is 0 Å². The van der Waals surface area contributed by atoms with Gasteiger partial charge >= 0.3 is 0 Å². The Morgan fingerprint density at radius 3 is 1.64 bits per heavy atom. The maximum absolute atomic E-state index is 6.14. The molecule has 0 aliphatic rings. The van der Waals surface area contributed by atoms with Crippen molar-refractivity contribution in [1.82, 2.24) is 20.2 Å². The van der Waals surface area contributed by atoms with Crippen LogP contribution in [0.5, 0.6) is 0 Å². The summed E-state index contributed by atoms with van der Waals surface area (Å²) < 4.78 is 13.2. The molecule has 0 saturated heterocycles. The van der Waals surface area contributed by atoms with Crippen LogP contribution in [0.4, 0.5) is 34.5 Å². The van der Waals surface area contributed by atoms with Gasteiger partial charge in [0.05, 0.1) is 10.1 Å². The molecule has 0 aliphatic heterocycles. The van der Waals surface area contributed by atoms with E-state index in [0.717, 1.165) is 87.1 Å². The highest BCUT2D eigenvalue weighted by atomic mass is 32.1. The molecule has 11 aromatic rings. The molecule has 5 aromatic heterocycles. The summed E-state index contributed by atoms with van der Waals surface area (Å²) in [7, 11) is 0. The number of thiophene rings is 1. The second-order valence-electron chi connectivity index (χ2n) is 12.8. The average molecular weight is 703 g/mol. The molecule has 0 fully saturated rings. The van der Waals surface area contributed by atoms with Gasteiger partial charge in [0.15, 0.2) is 5.82 Å². The number of hydrogen-bond donors (Lipinski definition) is 0. The molecular weight excluding hydrogens is 677 g/mol. The van der Waals surface area contributed by atoms with Crippen LogP contribution < -0.4 is 9.80 Å². The summed E-state index contributed by atoms with van der Waals surface area (Å²) in [5, 5.41) is 14.7. The van der Waals surface area contributed by atoms with Crippen LogP contribution in [-0.2, 0) is 0 Å². The van der Waals surface area contributed by atoms with E-state index in [1.54, 1.807) is 11.3 Å². The fraction of sp³-hybridized carbons (Fsp3) is 0. The van der Waals surface area contributed by atoms with E-state index in [1.807, 2.05) is 91.1 Å². The molecule has 0 aliphatic carbocycles. The molecule has 0 atom stereocenters. The Bertz CT molecular complexity index is 2940. The SMILES string of the molecule is c1ccc(N(c2ccc3oc4ccccc4c3c2)c2cc3sc4nc(N(c5ccccc5)c5ccc6oc7ccccc7c6c5)ncc4c3nn2)cc1. The molecule has 0 radical (unpaired) electrons. The highest BCUT2D eigenvalue weighted by Gasteiger charge is 2.22. The molecule has 0 bridgehead atoms. The van der Waals surface area contributed by atoms with Crippen LogP contribution in [0.15, 0.2) is 167 Å². The lowest BCUT2D eigenvalue weighted by Crippen LogP contribution is -2.13. The number of nitrogens with zero attached hydrogens (tertiary/aromatic N) is 6. The molecule has 0 amide bonds. The molecule has 0 spiro atoms. The van der Waals surface area contributed by atoms with E-state index < -0.39 is 0 Å². The maximum atomic E-state index is 6.14. The molecule has 6 aromatic carbocycles. The topological polar surface area (TPSA) is 84.3 Å². The Balaban J connectivity index is 1.04. The number of para-hydroxylation sites is 4. The van der Waals surface area contributed by atoms with E-state index in [0.29, 0.717) is 11.8 Å². The third-order valence-corrected chi connectivity index (χ3v) is 10.7. The van der Waals surface area contributed by atoms with Crippen molar-refractivity contribution in [3.8, 4) is 0 Å². The van der Waals surface area contributed by atoms with Gasteiger partial charge in [-0.25, -0.2) is 9.97 Å². The first-order chi connectivity index (χ1) is 26.2. The molecule has 250 valence electrons. The van der Waals surface area contributed by atoms with Gasteiger partial charge in [-0.15, -0.1) is 21.5 Å². The van der Waals surface area contributed by atoms with Crippen molar-refractivity contribution < 1.29 is 8.83 Å². The first-order valence-corrected chi connectivity index (χ1v) is 18.0. The third kappa shape index (κ3) is 4.82. The first kappa shape index (κ1) is 29.6. The Hall–Kier alpha value is -7.10. The zero-order chi connectivity index (χ0) is 34.9. The zero-order valence-electron chi connectivity index (χ0n) is 27.9. The van der Waals surface area contributed by atoms with Crippen LogP contribution >= 0.6 is 11.3 Å². The van der Waals surface area contributed by atoms with Crippen LogP contribution in [0.25, 0.3) is 64.3 Å². The number of hydrogen-bond acceptors (Lipinski definition) is 9.